The first-order valence-corrected chi connectivity index (χ1v) is 10.3. The Morgan fingerprint density at radius 3 is 2.74 bits per heavy atom. The first-order chi connectivity index (χ1) is 15.0. The van der Waals surface area contributed by atoms with E-state index in [2.05, 4.69) is 17.0 Å². The Bertz CT molecular complexity index is 1200. The van der Waals surface area contributed by atoms with Crippen LogP contribution in [-0.4, -0.2) is 17.4 Å². The molecule has 3 aromatic carbocycles. The lowest BCUT2D eigenvalue weighted by molar-refractivity contribution is 0.0872. The van der Waals surface area contributed by atoms with Crippen molar-refractivity contribution in [2.24, 2.45) is 0 Å². The highest BCUT2D eigenvalue weighted by molar-refractivity contribution is 6.32. The van der Waals surface area contributed by atoms with Gasteiger partial charge < -0.3 is 9.47 Å². The number of ether oxygens (including phenoxy) is 2. The van der Waals surface area contributed by atoms with Gasteiger partial charge in [0.25, 0.3) is 0 Å². The van der Waals surface area contributed by atoms with Crippen LogP contribution in [0.4, 0.5) is 4.39 Å². The Labute approximate surface area is 184 Å². The lowest BCUT2D eigenvalue weighted by Gasteiger charge is -2.30. The van der Waals surface area contributed by atoms with E-state index >= 15 is 0 Å². The average molecular weight is 436 g/mol. The van der Waals surface area contributed by atoms with E-state index < -0.39 is 5.82 Å². The highest BCUT2D eigenvalue weighted by Crippen LogP contribution is 2.44. The Hall–Kier alpha value is -3.15. The van der Waals surface area contributed by atoms with E-state index in [1.54, 1.807) is 6.07 Å². The molecule has 0 atom stereocenters. The summed E-state index contributed by atoms with van der Waals surface area (Å²) in [5, 5.41) is 0.218. The van der Waals surface area contributed by atoms with Gasteiger partial charge in [-0.05, 0) is 42.3 Å². The maximum atomic E-state index is 14.2. The van der Waals surface area contributed by atoms with Crippen molar-refractivity contribution in [3.05, 3.63) is 99.0 Å². The lowest BCUT2D eigenvalue weighted by atomic mass is 9.98. The van der Waals surface area contributed by atoms with Crippen LogP contribution in [0.3, 0.4) is 0 Å². The molecule has 31 heavy (non-hydrogen) atoms. The number of Topliss-reactive ketones (excluding diaryl/α,β-unsaturated/α-hetero) is 1. The second-order valence-electron chi connectivity index (χ2n) is 7.70. The number of aryl methyl sites for hydroxylation is 1. The van der Waals surface area contributed by atoms with Crippen molar-refractivity contribution in [3.8, 4) is 11.5 Å². The van der Waals surface area contributed by atoms with Gasteiger partial charge >= 0.3 is 0 Å². The van der Waals surface area contributed by atoms with E-state index in [1.165, 1.54) is 23.8 Å². The van der Waals surface area contributed by atoms with Crippen LogP contribution in [0.25, 0.3) is 6.08 Å². The van der Waals surface area contributed by atoms with Gasteiger partial charge in [0.1, 0.15) is 24.0 Å². The van der Waals surface area contributed by atoms with Crippen LogP contribution in [0.1, 0.15) is 32.6 Å². The average Bonchev–Trinajstić information content (AvgIpc) is 3.09. The topological polar surface area (TPSA) is 38.8 Å². The van der Waals surface area contributed by atoms with Crippen LogP contribution >= 0.6 is 11.6 Å². The van der Waals surface area contributed by atoms with Crippen molar-refractivity contribution >= 4 is 23.5 Å². The summed E-state index contributed by atoms with van der Waals surface area (Å²) >= 11 is 6.13. The van der Waals surface area contributed by atoms with Crippen LogP contribution in [0, 0.1) is 12.7 Å². The fourth-order valence-electron chi connectivity index (χ4n) is 4.00. The molecule has 0 aromatic heterocycles. The van der Waals surface area contributed by atoms with E-state index in [9.17, 15) is 9.18 Å². The van der Waals surface area contributed by atoms with Gasteiger partial charge in [0.2, 0.25) is 5.78 Å². The minimum atomic E-state index is -0.511. The second-order valence-corrected chi connectivity index (χ2v) is 8.10. The predicted molar refractivity (Wildman–Crippen MR) is 117 cm³/mol. The van der Waals surface area contributed by atoms with Gasteiger partial charge in [0, 0.05) is 18.7 Å². The third-order valence-corrected chi connectivity index (χ3v) is 5.84. The van der Waals surface area contributed by atoms with Crippen molar-refractivity contribution in [2.75, 3.05) is 6.73 Å². The summed E-state index contributed by atoms with van der Waals surface area (Å²) in [7, 11) is 0. The largest absolute Gasteiger partial charge is 0.478 e. The van der Waals surface area contributed by atoms with E-state index in [0.717, 1.165) is 11.1 Å². The third kappa shape index (κ3) is 3.60. The van der Waals surface area contributed by atoms with Gasteiger partial charge in [-0.3, -0.25) is 9.69 Å². The summed E-state index contributed by atoms with van der Waals surface area (Å²) in [5.41, 5.74) is 3.37. The quantitative estimate of drug-likeness (QED) is 0.490. The SMILES string of the molecule is Cc1cc2c(c3c1C(=O)/C(=C/c1c(F)cccc1Cl)O3)CN(Cc1ccccc1)CO2. The molecule has 0 saturated heterocycles. The number of carbonyl (C=O) groups excluding carboxylic acids is 1. The number of benzene rings is 3. The minimum absolute atomic E-state index is 0.0543. The zero-order valence-electron chi connectivity index (χ0n) is 16.8. The molecule has 4 nitrogen and oxygen atoms in total. The third-order valence-electron chi connectivity index (χ3n) is 5.51. The Balaban J connectivity index is 1.50. The van der Waals surface area contributed by atoms with Crippen molar-refractivity contribution in [1.82, 2.24) is 4.90 Å². The number of carbonyl (C=O) groups is 1. The smallest absolute Gasteiger partial charge is 0.232 e. The molecular weight excluding hydrogens is 417 g/mol. The summed E-state index contributed by atoms with van der Waals surface area (Å²) in [5.74, 6) is 0.451. The number of allylic oxidation sites excluding steroid dienone is 1. The van der Waals surface area contributed by atoms with Gasteiger partial charge in [0.15, 0.2) is 5.76 Å². The Kier molecular flexibility index (Phi) is 5.00. The molecule has 0 unspecified atom stereocenters. The van der Waals surface area contributed by atoms with E-state index in [1.807, 2.05) is 31.2 Å². The standard InChI is InChI=1S/C25H19ClFNO3/c1-15-10-21-18(13-28(14-30-21)12-16-6-3-2-4-7-16)25-23(15)24(29)22(31-25)11-17-19(26)8-5-9-20(17)27/h2-11H,12-14H2,1H3/b22-11-. The van der Waals surface area contributed by atoms with Crippen LogP contribution < -0.4 is 9.47 Å². The molecule has 0 amide bonds. The Morgan fingerprint density at radius 2 is 1.97 bits per heavy atom. The van der Waals surface area contributed by atoms with Gasteiger partial charge in [0.05, 0.1) is 16.1 Å². The fourth-order valence-corrected chi connectivity index (χ4v) is 4.22. The molecular formula is C25H19ClFNO3. The van der Waals surface area contributed by atoms with Crippen molar-refractivity contribution in [3.63, 3.8) is 0 Å². The van der Waals surface area contributed by atoms with Crippen molar-refractivity contribution < 1.29 is 18.7 Å². The Morgan fingerprint density at radius 1 is 1.16 bits per heavy atom. The zero-order valence-corrected chi connectivity index (χ0v) is 17.6. The molecule has 0 N–H and O–H groups in total. The fraction of sp³-hybridized carbons (Fsp3) is 0.160. The highest BCUT2D eigenvalue weighted by Gasteiger charge is 2.35. The maximum Gasteiger partial charge on any atom is 0.232 e. The van der Waals surface area contributed by atoms with E-state index in [4.69, 9.17) is 21.1 Å². The molecule has 2 aliphatic heterocycles. The summed E-state index contributed by atoms with van der Waals surface area (Å²) in [6, 6.07) is 16.4. The number of ketones is 1. The number of rotatable bonds is 3. The van der Waals surface area contributed by atoms with E-state index in [0.29, 0.717) is 36.9 Å². The molecule has 5 rings (SSSR count). The molecule has 0 bridgehead atoms. The monoisotopic (exact) mass is 435 g/mol. The summed E-state index contributed by atoms with van der Waals surface area (Å²) in [4.78, 5) is 15.2. The number of nitrogens with zero attached hydrogens (tertiary/aromatic N) is 1. The minimum Gasteiger partial charge on any atom is -0.478 e. The molecule has 2 aliphatic rings. The number of fused-ring (bicyclic) bond motifs is 3. The van der Waals surface area contributed by atoms with Gasteiger partial charge in [-0.1, -0.05) is 48.0 Å². The highest BCUT2D eigenvalue weighted by atomic mass is 35.5. The molecule has 0 fully saturated rings. The molecule has 0 radical (unpaired) electrons. The van der Waals surface area contributed by atoms with E-state index in [-0.39, 0.29) is 22.1 Å². The summed E-state index contributed by atoms with van der Waals surface area (Å²) in [6.45, 7) is 3.58. The predicted octanol–water partition coefficient (Wildman–Crippen LogP) is 5.76. The molecule has 0 saturated carbocycles. The van der Waals surface area contributed by atoms with Crippen molar-refractivity contribution in [1.29, 1.82) is 0 Å². The molecule has 2 heterocycles. The molecule has 3 aromatic rings. The molecule has 0 spiro atoms. The second kappa shape index (κ2) is 7.84. The van der Waals surface area contributed by atoms with Gasteiger partial charge in [-0.2, -0.15) is 0 Å². The first kappa shape index (κ1) is 19.8. The molecule has 156 valence electrons. The number of hydrogen-bond acceptors (Lipinski definition) is 4. The van der Waals surface area contributed by atoms with Gasteiger partial charge in [-0.25, -0.2) is 4.39 Å². The maximum absolute atomic E-state index is 14.2. The van der Waals surface area contributed by atoms with Crippen LogP contribution in [0.5, 0.6) is 11.5 Å². The molecule has 0 aliphatic carbocycles. The summed E-state index contributed by atoms with van der Waals surface area (Å²) in [6.07, 6.45) is 1.37. The first-order valence-electron chi connectivity index (χ1n) is 9.95. The zero-order chi connectivity index (χ0) is 21.5. The number of halogens is 2. The van der Waals surface area contributed by atoms with Crippen LogP contribution in [-0.2, 0) is 13.1 Å². The van der Waals surface area contributed by atoms with Crippen LogP contribution in [0.15, 0.2) is 60.4 Å². The van der Waals surface area contributed by atoms with Crippen LogP contribution in [0.2, 0.25) is 5.02 Å². The van der Waals surface area contributed by atoms with Crippen molar-refractivity contribution in [2.45, 2.75) is 20.0 Å². The van der Waals surface area contributed by atoms with Gasteiger partial charge in [-0.15, -0.1) is 0 Å². The number of hydrogen-bond donors (Lipinski definition) is 0. The molecule has 6 heteroatoms. The summed E-state index contributed by atoms with van der Waals surface area (Å²) < 4.78 is 26.2. The normalized spacial score (nSPS) is 16.6. The lowest BCUT2D eigenvalue weighted by Crippen LogP contribution is -2.31.